The maximum atomic E-state index is 12.8. The van der Waals surface area contributed by atoms with Crippen LogP contribution < -0.4 is 10.1 Å². The minimum absolute atomic E-state index is 0.0893. The highest BCUT2D eigenvalue weighted by Gasteiger charge is 2.33. The summed E-state index contributed by atoms with van der Waals surface area (Å²) in [7, 11) is 0. The lowest BCUT2D eigenvalue weighted by Gasteiger charge is -2.27. The van der Waals surface area contributed by atoms with Crippen LogP contribution in [0.4, 0.5) is 0 Å². The number of hydrogen-bond donors (Lipinski definition) is 1. The Balaban J connectivity index is 1.38. The molecule has 2 heterocycles. The molecule has 2 aromatic carbocycles. The predicted octanol–water partition coefficient (Wildman–Crippen LogP) is 3.47. The normalized spacial score (nSPS) is 23.3. The van der Waals surface area contributed by atoms with Gasteiger partial charge in [0.25, 0.3) is 5.91 Å². The average molecular weight is 350 g/mol. The Hall–Kier alpha value is -2.33. The molecule has 2 aromatic rings. The minimum atomic E-state index is -0.464. The average Bonchev–Trinajstić information content (AvgIpc) is 3.01. The number of carbonyl (C=O) groups is 1. The van der Waals surface area contributed by atoms with Crippen LogP contribution >= 0.6 is 0 Å². The molecule has 1 amide bonds. The van der Waals surface area contributed by atoms with Crippen LogP contribution in [0, 0.1) is 0 Å². The molecular formula is C22H26N2O2. The molecule has 1 N–H and O–H groups in total. The molecule has 136 valence electrons. The van der Waals surface area contributed by atoms with E-state index in [1.165, 1.54) is 18.4 Å². The first-order valence-corrected chi connectivity index (χ1v) is 9.56. The van der Waals surface area contributed by atoms with Gasteiger partial charge < -0.3 is 15.0 Å². The van der Waals surface area contributed by atoms with E-state index in [1.807, 2.05) is 54.3 Å². The molecule has 2 saturated heterocycles. The molecule has 0 aromatic heterocycles. The van der Waals surface area contributed by atoms with Crippen molar-refractivity contribution in [2.75, 3.05) is 13.1 Å². The Morgan fingerprint density at radius 1 is 1.00 bits per heavy atom. The fourth-order valence-electron chi connectivity index (χ4n) is 4.01. The number of ether oxygens (including phenoxy) is 1. The lowest BCUT2D eigenvalue weighted by Crippen LogP contribution is -2.44. The third-order valence-corrected chi connectivity index (χ3v) is 5.46. The fourth-order valence-corrected chi connectivity index (χ4v) is 4.01. The van der Waals surface area contributed by atoms with Gasteiger partial charge in [-0.2, -0.15) is 0 Å². The van der Waals surface area contributed by atoms with Crippen molar-refractivity contribution in [3.63, 3.8) is 0 Å². The predicted molar refractivity (Wildman–Crippen MR) is 103 cm³/mol. The van der Waals surface area contributed by atoms with Gasteiger partial charge in [-0.05, 0) is 49.4 Å². The molecule has 0 aliphatic carbocycles. The third-order valence-electron chi connectivity index (χ3n) is 5.46. The molecule has 0 radical (unpaired) electrons. The van der Waals surface area contributed by atoms with Crippen LogP contribution in [0.15, 0.2) is 54.6 Å². The van der Waals surface area contributed by atoms with Gasteiger partial charge in [0.05, 0.1) is 0 Å². The number of hydrogen-bond acceptors (Lipinski definition) is 3. The first-order chi connectivity index (χ1) is 12.7. The molecule has 26 heavy (non-hydrogen) atoms. The molecule has 2 aliphatic rings. The van der Waals surface area contributed by atoms with E-state index in [2.05, 4.69) is 17.4 Å². The number of fused-ring (bicyclic) bond motifs is 2. The minimum Gasteiger partial charge on any atom is -0.481 e. The van der Waals surface area contributed by atoms with Crippen molar-refractivity contribution in [3.8, 4) is 16.9 Å². The van der Waals surface area contributed by atoms with Crippen molar-refractivity contribution in [1.29, 1.82) is 0 Å². The molecule has 0 saturated carbocycles. The van der Waals surface area contributed by atoms with E-state index in [0.29, 0.717) is 12.1 Å². The highest BCUT2D eigenvalue weighted by atomic mass is 16.5. The Morgan fingerprint density at radius 3 is 2.46 bits per heavy atom. The zero-order chi connectivity index (χ0) is 17.9. The van der Waals surface area contributed by atoms with Crippen LogP contribution in [-0.2, 0) is 4.79 Å². The van der Waals surface area contributed by atoms with E-state index < -0.39 is 6.10 Å². The second kappa shape index (κ2) is 7.50. The van der Waals surface area contributed by atoms with Crippen molar-refractivity contribution >= 4 is 5.91 Å². The van der Waals surface area contributed by atoms with Crippen molar-refractivity contribution in [2.45, 2.75) is 44.4 Å². The van der Waals surface area contributed by atoms with E-state index in [-0.39, 0.29) is 5.91 Å². The largest absolute Gasteiger partial charge is 0.481 e. The summed E-state index contributed by atoms with van der Waals surface area (Å²) in [6.45, 7) is 3.48. The summed E-state index contributed by atoms with van der Waals surface area (Å²) in [4.78, 5) is 14.8. The zero-order valence-electron chi connectivity index (χ0n) is 15.2. The van der Waals surface area contributed by atoms with Gasteiger partial charge in [-0.25, -0.2) is 0 Å². The van der Waals surface area contributed by atoms with Gasteiger partial charge in [0.2, 0.25) is 0 Å². The zero-order valence-corrected chi connectivity index (χ0v) is 15.2. The summed E-state index contributed by atoms with van der Waals surface area (Å²) < 4.78 is 5.93. The van der Waals surface area contributed by atoms with E-state index >= 15 is 0 Å². The molecule has 3 atom stereocenters. The number of benzene rings is 2. The van der Waals surface area contributed by atoms with Crippen LogP contribution in [0.1, 0.15) is 26.2 Å². The highest BCUT2D eigenvalue weighted by molar-refractivity contribution is 5.81. The van der Waals surface area contributed by atoms with Crippen LogP contribution in [-0.4, -0.2) is 42.1 Å². The summed E-state index contributed by atoms with van der Waals surface area (Å²) >= 11 is 0. The fraction of sp³-hybridized carbons (Fsp3) is 0.409. The van der Waals surface area contributed by atoms with E-state index in [0.717, 1.165) is 30.8 Å². The highest BCUT2D eigenvalue weighted by Crippen LogP contribution is 2.24. The molecule has 2 aliphatic heterocycles. The van der Waals surface area contributed by atoms with Gasteiger partial charge in [-0.3, -0.25) is 4.79 Å². The molecule has 3 unspecified atom stereocenters. The number of nitrogens with zero attached hydrogens (tertiary/aromatic N) is 1. The monoisotopic (exact) mass is 350 g/mol. The summed E-state index contributed by atoms with van der Waals surface area (Å²) in [5, 5.41) is 3.61. The maximum absolute atomic E-state index is 12.8. The molecule has 2 bridgehead atoms. The van der Waals surface area contributed by atoms with Gasteiger partial charge in [0.15, 0.2) is 6.10 Å². The summed E-state index contributed by atoms with van der Waals surface area (Å²) in [5.41, 5.74) is 2.32. The summed E-state index contributed by atoms with van der Waals surface area (Å²) in [6.07, 6.45) is 2.99. The SMILES string of the molecule is CC(Oc1ccc(-c2ccccc2)cc1)C(=O)N1CCC2CCC(C1)N2. The van der Waals surface area contributed by atoms with Crippen LogP contribution in [0.3, 0.4) is 0 Å². The quantitative estimate of drug-likeness (QED) is 0.918. The van der Waals surface area contributed by atoms with Crippen LogP contribution in [0.5, 0.6) is 5.75 Å². The molecule has 4 heteroatoms. The third kappa shape index (κ3) is 3.75. The van der Waals surface area contributed by atoms with Crippen molar-refractivity contribution in [2.24, 2.45) is 0 Å². The maximum Gasteiger partial charge on any atom is 0.263 e. The lowest BCUT2D eigenvalue weighted by atomic mass is 10.1. The lowest BCUT2D eigenvalue weighted by molar-refractivity contribution is -0.138. The number of nitrogens with one attached hydrogen (secondary N) is 1. The van der Waals surface area contributed by atoms with Gasteiger partial charge in [0.1, 0.15) is 5.75 Å². The standard InChI is InChI=1S/C22H26N2O2/c1-16(22(25)24-14-13-19-9-10-20(15-24)23-19)26-21-11-7-18(8-12-21)17-5-3-2-4-6-17/h2-8,11-12,16,19-20,23H,9-10,13-15H2,1H3. The number of carbonyl (C=O) groups excluding carboxylic acids is 1. The Labute approximate surface area is 155 Å². The Kier molecular flexibility index (Phi) is 4.93. The van der Waals surface area contributed by atoms with Crippen LogP contribution in [0.2, 0.25) is 0 Å². The van der Waals surface area contributed by atoms with Gasteiger partial charge in [-0.1, -0.05) is 42.5 Å². The van der Waals surface area contributed by atoms with Gasteiger partial charge in [-0.15, -0.1) is 0 Å². The van der Waals surface area contributed by atoms with E-state index in [4.69, 9.17) is 4.74 Å². The Bertz CT molecular complexity index is 744. The van der Waals surface area contributed by atoms with Crippen molar-refractivity contribution in [1.82, 2.24) is 10.2 Å². The molecular weight excluding hydrogens is 324 g/mol. The molecule has 4 nitrogen and oxygen atoms in total. The molecule has 2 fully saturated rings. The van der Waals surface area contributed by atoms with Gasteiger partial charge >= 0.3 is 0 Å². The second-order valence-electron chi connectivity index (χ2n) is 7.36. The summed E-state index contributed by atoms with van der Waals surface area (Å²) in [5.74, 6) is 0.825. The number of likely N-dealkylation sites (tertiary alicyclic amines) is 1. The topological polar surface area (TPSA) is 41.6 Å². The second-order valence-corrected chi connectivity index (χ2v) is 7.36. The first-order valence-electron chi connectivity index (χ1n) is 9.56. The van der Waals surface area contributed by atoms with Crippen molar-refractivity contribution < 1.29 is 9.53 Å². The van der Waals surface area contributed by atoms with Crippen molar-refractivity contribution in [3.05, 3.63) is 54.6 Å². The van der Waals surface area contributed by atoms with Crippen LogP contribution in [0.25, 0.3) is 11.1 Å². The molecule has 4 rings (SSSR count). The summed E-state index contributed by atoms with van der Waals surface area (Å²) in [6, 6.07) is 19.2. The van der Waals surface area contributed by atoms with E-state index in [9.17, 15) is 4.79 Å². The Morgan fingerprint density at radius 2 is 1.69 bits per heavy atom. The van der Waals surface area contributed by atoms with Gasteiger partial charge in [0, 0.05) is 25.2 Å². The first kappa shape index (κ1) is 17.1. The smallest absolute Gasteiger partial charge is 0.263 e. The van der Waals surface area contributed by atoms with E-state index in [1.54, 1.807) is 0 Å². The number of rotatable bonds is 4. The number of amides is 1. The molecule has 0 spiro atoms.